The van der Waals surface area contributed by atoms with Gasteiger partial charge in [0, 0.05) is 0 Å². The van der Waals surface area contributed by atoms with Crippen LogP contribution in [-0.4, -0.2) is 44.6 Å². The molecule has 0 unspecified atom stereocenters. The summed E-state index contributed by atoms with van der Waals surface area (Å²) in [5, 5.41) is 1.14. The molecule has 0 bridgehead atoms. The molecule has 3 nitrogen and oxygen atoms in total. The summed E-state index contributed by atoms with van der Waals surface area (Å²) in [6, 6.07) is 9.35. The van der Waals surface area contributed by atoms with Crippen LogP contribution >= 0.6 is 0 Å². The first-order valence-corrected chi connectivity index (χ1v) is 10.7. The Morgan fingerprint density at radius 1 is 0.840 bits per heavy atom. The molecular weight excluding hydrogens is 343 g/mol. The van der Waals surface area contributed by atoms with E-state index >= 15 is 0 Å². The van der Waals surface area contributed by atoms with E-state index < -0.39 is 10.1 Å². The van der Waals surface area contributed by atoms with Gasteiger partial charge in [-0.2, -0.15) is 8.42 Å². The number of unbranched alkanes of at least 4 members (excludes halogenated alkanes) is 9. The van der Waals surface area contributed by atoms with E-state index in [-0.39, 0.29) is 36.2 Å². The summed E-state index contributed by atoms with van der Waals surface area (Å²) in [4.78, 5) is 0. The molecule has 0 atom stereocenters. The van der Waals surface area contributed by atoms with Crippen molar-refractivity contribution in [3.8, 4) is 0 Å². The van der Waals surface area contributed by atoms with Gasteiger partial charge in [0.05, 0.1) is 12.0 Å². The molecule has 0 amide bonds. The van der Waals surface area contributed by atoms with E-state index in [0.29, 0.717) is 0 Å². The Labute approximate surface area is 176 Å². The first kappa shape index (κ1) is 24.9. The Bertz CT molecular complexity index is 541. The number of hydrogen-bond acceptors (Lipinski definition) is 3. The van der Waals surface area contributed by atoms with Crippen molar-refractivity contribution in [2.24, 2.45) is 0 Å². The molecule has 0 spiro atoms. The third-order valence-corrected chi connectivity index (χ3v) is 4.94. The Hall–Kier alpha value is -0.130. The Morgan fingerprint density at radius 3 is 1.92 bits per heavy atom. The molecule has 0 aliphatic carbocycles. The summed E-state index contributed by atoms with van der Waals surface area (Å²) in [6.45, 7) is 2.51. The van der Waals surface area contributed by atoms with Crippen molar-refractivity contribution in [2.75, 3.05) is 6.61 Å². The predicted octanol–water partition coefficient (Wildman–Crippen LogP) is 5.28. The molecule has 0 heterocycles. The fourth-order valence-corrected chi connectivity index (χ4v) is 3.28. The van der Waals surface area contributed by atoms with Crippen LogP contribution < -0.4 is 0 Å². The third kappa shape index (κ3) is 14.7. The average Bonchev–Trinajstić information content (AvgIpc) is 2.59. The van der Waals surface area contributed by atoms with Gasteiger partial charge in [0.25, 0.3) is 10.1 Å². The molecule has 25 heavy (non-hydrogen) atoms. The normalized spacial score (nSPS) is 11.6. The molecule has 0 radical (unpaired) electrons. The fourth-order valence-electron chi connectivity index (χ4n) is 2.53. The minimum absolute atomic E-state index is 0. The standard InChI is InChI=1S/C20H32O3S.Na.H/c1-2-3-4-5-6-7-8-9-10-14-18-23-24(21,22)19-17-20-15-12-11-13-16-20;;/h11-13,15-17,19H,2-10,14,18H2,1H3;;. The summed E-state index contributed by atoms with van der Waals surface area (Å²) in [6.07, 6.45) is 13.8. The van der Waals surface area contributed by atoms with Crippen LogP contribution in [0.4, 0.5) is 0 Å². The van der Waals surface area contributed by atoms with Crippen molar-refractivity contribution >= 4 is 45.8 Å². The molecule has 0 N–H and O–H groups in total. The molecule has 1 rings (SSSR count). The van der Waals surface area contributed by atoms with Gasteiger partial charge in [0.15, 0.2) is 0 Å². The van der Waals surface area contributed by atoms with Gasteiger partial charge in [0.2, 0.25) is 0 Å². The van der Waals surface area contributed by atoms with Gasteiger partial charge in [-0.25, -0.2) is 0 Å². The van der Waals surface area contributed by atoms with Gasteiger partial charge in [-0.1, -0.05) is 95.0 Å². The van der Waals surface area contributed by atoms with Crippen LogP contribution in [-0.2, 0) is 14.3 Å². The maximum absolute atomic E-state index is 11.8. The maximum atomic E-state index is 11.8. The monoisotopic (exact) mass is 376 g/mol. The molecule has 0 saturated heterocycles. The second-order valence-electron chi connectivity index (χ2n) is 6.21. The summed E-state index contributed by atoms with van der Waals surface area (Å²) in [5.41, 5.74) is 0.851. The molecular formula is C20H33NaO3S. The van der Waals surface area contributed by atoms with Crippen LogP contribution in [0.3, 0.4) is 0 Å². The van der Waals surface area contributed by atoms with Gasteiger partial charge < -0.3 is 0 Å². The number of benzene rings is 1. The van der Waals surface area contributed by atoms with Gasteiger partial charge >= 0.3 is 29.6 Å². The third-order valence-electron chi connectivity index (χ3n) is 3.97. The van der Waals surface area contributed by atoms with Crippen molar-refractivity contribution in [1.82, 2.24) is 0 Å². The quantitative estimate of drug-likeness (QED) is 0.252. The number of hydrogen-bond donors (Lipinski definition) is 0. The van der Waals surface area contributed by atoms with Gasteiger partial charge in [0.1, 0.15) is 0 Å². The molecule has 1 aromatic carbocycles. The van der Waals surface area contributed by atoms with E-state index in [1.165, 1.54) is 44.9 Å². The summed E-state index contributed by atoms with van der Waals surface area (Å²) >= 11 is 0. The second kappa shape index (κ2) is 16.1. The van der Waals surface area contributed by atoms with Crippen LogP contribution in [0.15, 0.2) is 35.7 Å². The van der Waals surface area contributed by atoms with E-state index in [2.05, 4.69) is 6.92 Å². The van der Waals surface area contributed by atoms with Crippen LogP contribution in [0.5, 0.6) is 0 Å². The van der Waals surface area contributed by atoms with Gasteiger partial charge in [-0.05, 0) is 18.1 Å². The molecule has 0 aliphatic rings. The summed E-state index contributed by atoms with van der Waals surface area (Å²) < 4.78 is 28.5. The Kier molecular flexibility index (Phi) is 16.0. The molecule has 0 fully saturated rings. The molecule has 0 saturated carbocycles. The van der Waals surface area contributed by atoms with Crippen molar-refractivity contribution < 1.29 is 12.6 Å². The first-order valence-electron chi connectivity index (χ1n) is 9.26. The van der Waals surface area contributed by atoms with E-state index in [9.17, 15) is 8.42 Å². The van der Waals surface area contributed by atoms with Crippen LogP contribution in [0.25, 0.3) is 6.08 Å². The van der Waals surface area contributed by atoms with Crippen molar-refractivity contribution in [1.29, 1.82) is 0 Å². The Morgan fingerprint density at radius 2 is 1.36 bits per heavy atom. The fraction of sp³-hybridized carbons (Fsp3) is 0.600. The SMILES string of the molecule is CCCCCCCCCCCCOS(=O)(=O)C=Cc1ccccc1.[NaH]. The van der Waals surface area contributed by atoms with Crippen LogP contribution in [0.2, 0.25) is 0 Å². The topological polar surface area (TPSA) is 43.4 Å². The first-order chi connectivity index (χ1) is 11.6. The predicted molar refractivity (Wildman–Crippen MR) is 109 cm³/mol. The molecule has 5 heteroatoms. The second-order valence-corrected chi connectivity index (χ2v) is 7.70. The van der Waals surface area contributed by atoms with Crippen LogP contribution in [0, 0.1) is 0 Å². The van der Waals surface area contributed by atoms with Gasteiger partial charge in [-0.3, -0.25) is 4.18 Å². The van der Waals surface area contributed by atoms with Gasteiger partial charge in [-0.15, -0.1) is 0 Å². The van der Waals surface area contributed by atoms with Crippen molar-refractivity contribution in [3.05, 3.63) is 41.3 Å². The number of rotatable bonds is 14. The average molecular weight is 377 g/mol. The van der Waals surface area contributed by atoms with Crippen LogP contribution in [0.1, 0.15) is 76.7 Å². The van der Waals surface area contributed by atoms with Crippen molar-refractivity contribution in [2.45, 2.75) is 71.1 Å². The Balaban J connectivity index is 0.00000576. The van der Waals surface area contributed by atoms with E-state index in [1.807, 2.05) is 30.3 Å². The minimum atomic E-state index is -3.57. The summed E-state index contributed by atoms with van der Waals surface area (Å²) in [5.74, 6) is 0. The van der Waals surface area contributed by atoms with E-state index in [1.54, 1.807) is 6.08 Å². The molecule has 1 aromatic rings. The zero-order valence-electron chi connectivity index (χ0n) is 15.0. The zero-order chi connectivity index (χ0) is 17.5. The zero-order valence-corrected chi connectivity index (χ0v) is 15.8. The van der Waals surface area contributed by atoms with Crippen molar-refractivity contribution in [3.63, 3.8) is 0 Å². The van der Waals surface area contributed by atoms with E-state index in [0.717, 1.165) is 30.2 Å². The molecule has 138 valence electrons. The van der Waals surface area contributed by atoms with E-state index in [4.69, 9.17) is 4.18 Å². The summed E-state index contributed by atoms with van der Waals surface area (Å²) in [7, 11) is -3.57. The molecule has 0 aliphatic heterocycles. The molecule has 0 aromatic heterocycles.